The van der Waals surface area contributed by atoms with Crippen molar-refractivity contribution in [3.63, 3.8) is 0 Å². The highest BCUT2D eigenvalue weighted by Gasteiger charge is 2.09. The van der Waals surface area contributed by atoms with Crippen LogP contribution in [0.2, 0.25) is 0 Å². The second-order valence-corrected chi connectivity index (χ2v) is 4.92. The molecule has 1 aromatic carbocycles. The number of hydrogen-bond acceptors (Lipinski definition) is 2. The van der Waals surface area contributed by atoms with Gasteiger partial charge < -0.3 is 9.99 Å². The molecule has 0 aliphatic heterocycles. The van der Waals surface area contributed by atoms with Crippen molar-refractivity contribution >= 4 is 45.8 Å². The number of imidazole rings is 1. The molecule has 0 fully saturated rings. The summed E-state index contributed by atoms with van der Waals surface area (Å²) in [6.45, 7) is 0. The van der Waals surface area contributed by atoms with E-state index < -0.39 is 0 Å². The van der Waals surface area contributed by atoms with Gasteiger partial charge in [-0.15, -0.1) is 0 Å². The second kappa shape index (κ2) is 3.75. The minimum absolute atomic E-state index is 0.229. The molecule has 1 heterocycles. The summed E-state index contributed by atoms with van der Waals surface area (Å²) in [7, 11) is 3.72. The van der Waals surface area contributed by atoms with Crippen molar-refractivity contribution in [1.82, 2.24) is 9.66 Å². The van der Waals surface area contributed by atoms with Crippen LogP contribution in [0.15, 0.2) is 12.1 Å². The van der Waals surface area contributed by atoms with Gasteiger partial charge in [0.15, 0.2) is 4.77 Å². The van der Waals surface area contributed by atoms with Crippen molar-refractivity contribution < 1.29 is 4.39 Å². The number of hydrogen-bond donors (Lipinski definition) is 1. The van der Waals surface area contributed by atoms with Gasteiger partial charge >= 0.3 is 0 Å². The first-order chi connectivity index (χ1) is 7.00. The van der Waals surface area contributed by atoms with Gasteiger partial charge in [-0.05, 0) is 40.9 Å². The Labute approximate surface area is 105 Å². The smallest absolute Gasteiger partial charge is 0.197 e. The fraction of sp³-hybridized carbons (Fsp3) is 0.222. The summed E-state index contributed by atoms with van der Waals surface area (Å²) in [5, 5.41) is 1.81. The van der Waals surface area contributed by atoms with Crippen molar-refractivity contribution in [2.45, 2.75) is 0 Å². The minimum Gasteiger partial charge on any atom is -0.329 e. The molecule has 0 saturated heterocycles. The molecule has 15 heavy (non-hydrogen) atoms. The Morgan fingerprint density at radius 3 is 2.73 bits per heavy atom. The number of nitrogens with zero attached hydrogens (tertiary/aromatic N) is 2. The number of fused-ring (bicyclic) bond motifs is 1. The van der Waals surface area contributed by atoms with Gasteiger partial charge in [0.2, 0.25) is 0 Å². The Hall–Kier alpha value is -0.630. The molecular weight excluding hydrogens is 328 g/mol. The molecule has 1 N–H and O–H groups in total. The summed E-state index contributed by atoms with van der Waals surface area (Å²) in [5.41, 5.74) is 1.60. The SMILES string of the molecule is CN(C)n1c(=S)[nH]c2cc(I)c(F)cc21. The van der Waals surface area contributed by atoms with Gasteiger partial charge in [0.25, 0.3) is 0 Å². The maximum atomic E-state index is 13.4. The van der Waals surface area contributed by atoms with E-state index in [4.69, 9.17) is 12.2 Å². The molecule has 0 aliphatic carbocycles. The molecule has 3 nitrogen and oxygen atoms in total. The highest BCUT2D eigenvalue weighted by atomic mass is 127. The molecule has 0 spiro atoms. The van der Waals surface area contributed by atoms with Crippen molar-refractivity contribution in [2.75, 3.05) is 19.1 Å². The number of halogens is 2. The van der Waals surface area contributed by atoms with Crippen LogP contribution < -0.4 is 5.01 Å². The molecule has 2 rings (SSSR count). The lowest BCUT2D eigenvalue weighted by Crippen LogP contribution is -2.24. The molecule has 0 saturated carbocycles. The van der Waals surface area contributed by atoms with Crippen LogP contribution in [0.5, 0.6) is 0 Å². The van der Waals surface area contributed by atoms with E-state index in [1.807, 2.05) is 41.7 Å². The third-order valence-electron chi connectivity index (χ3n) is 2.10. The maximum Gasteiger partial charge on any atom is 0.197 e. The van der Waals surface area contributed by atoms with Crippen LogP contribution in [-0.2, 0) is 0 Å². The van der Waals surface area contributed by atoms with Crippen LogP contribution in [0.4, 0.5) is 4.39 Å². The van der Waals surface area contributed by atoms with E-state index >= 15 is 0 Å². The molecule has 1 aromatic heterocycles. The molecule has 6 heteroatoms. The monoisotopic (exact) mass is 337 g/mol. The third kappa shape index (κ3) is 1.76. The van der Waals surface area contributed by atoms with Gasteiger partial charge in [0, 0.05) is 20.2 Å². The summed E-state index contributed by atoms with van der Waals surface area (Å²) in [4.78, 5) is 3.04. The zero-order valence-corrected chi connectivity index (χ0v) is 11.2. The van der Waals surface area contributed by atoms with Crippen LogP contribution in [0, 0.1) is 14.2 Å². The third-order valence-corrected chi connectivity index (χ3v) is 3.20. The Balaban J connectivity index is 2.88. The van der Waals surface area contributed by atoms with E-state index in [-0.39, 0.29) is 5.82 Å². The fourth-order valence-electron chi connectivity index (χ4n) is 1.49. The van der Waals surface area contributed by atoms with Gasteiger partial charge in [0.05, 0.1) is 14.6 Å². The Bertz CT molecular complexity index is 572. The predicted molar refractivity (Wildman–Crippen MR) is 69.9 cm³/mol. The van der Waals surface area contributed by atoms with Crippen molar-refractivity contribution in [2.24, 2.45) is 0 Å². The quantitative estimate of drug-likeness (QED) is 0.639. The Kier molecular flexibility index (Phi) is 2.72. The molecule has 0 bridgehead atoms. The number of aromatic amines is 1. The van der Waals surface area contributed by atoms with Crippen LogP contribution >= 0.6 is 34.8 Å². The molecule has 0 aliphatic rings. The highest BCUT2D eigenvalue weighted by Crippen LogP contribution is 2.20. The van der Waals surface area contributed by atoms with E-state index in [2.05, 4.69) is 4.98 Å². The summed E-state index contributed by atoms with van der Waals surface area (Å²) in [6.07, 6.45) is 0. The lowest BCUT2D eigenvalue weighted by atomic mass is 10.3. The van der Waals surface area contributed by atoms with E-state index in [1.54, 1.807) is 10.7 Å². The van der Waals surface area contributed by atoms with E-state index in [0.717, 1.165) is 11.0 Å². The average Bonchev–Trinajstić information content (AvgIpc) is 2.41. The number of H-pyrrole nitrogens is 1. The number of rotatable bonds is 1. The second-order valence-electron chi connectivity index (χ2n) is 3.37. The molecule has 0 atom stereocenters. The predicted octanol–water partition coefficient (Wildman–Crippen LogP) is 2.64. The normalized spacial score (nSPS) is 10.9. The number of nitrogens with one attached hydrogen (secondary N) is 1. The van der Waals surface area contributed by atoms with Gasteiger partial charge in [-0.3, -0.25) is 0 Å². The highest BCUT2D eigenvalue weighted by molar-refractivity contribution is 14.1. The van der Waals surface area contributed by atoms with E-state index in [0.29, 0.717) is 8.34 Å². The topological polar surface area (TPSA) is 24.0 Å². The van der Waals surface area contributed by atoms with E-state index in [9.17, 15) is 4.39 Å². The van der Waals surface area contributed by atoms with Crippen LogP contribution in [0.25, 0.3) is 11.0 Å². The van der Waals surface area contributed by atoms with Gasteiger partial charge in [-0.1, -0.05) is 0 Å². The first-order valence-electron chi connectivity index (χ1n) is 4.28. The summed E-state index contributed by atoms with van der Waals surface area (Å²) < 4.78 is 16.3. The largest absolute Gasteiger partial charge is 0.329 e. The molecule has 0 unspecified atom stereocenters. The standard InChI is InChI=1S/C9H9FIN3S/c1-13(2)14-8-3-5(10)6(11)4-7(8)12-9(14)15/h3-4H,1-2H3,(H,12,15). The lowest BCUT2D eigenvalue weighted by molar-refractivity contribution is 0.620. The van der Waals surface area contributed by atoms with Crippen LogP contribution in [-0.4, -0.2) is 23.8 Å². The van der Waals surface area contributed by atoms with Gasteiger partial charge in [-0.2, -0.15) is 0 Å². The summed E-state index contributed by atoms with van der Waals surface area (Å²) in [6, 6.07) is 3.24. The van der Waals surface area contributed by atoms with Crippen LogP contribution in [0.3, 0.4) is 0 Å². The molecular formula is C9H9FIN3S. The zero-order chi connectivity index (χ0) is 11.2. The maximum absolute atomic E-state index is 13.4. The number of benzene rings is 1. The minimum atomic E-state index is -0.229. The zero-order valence-electron chi connectivity index (χ0n) is 8.21. The van der Waals surface area contributed by atoms with Crippen LogP contribution in [0.1, 0.15) is 0 Å². The summed E-state index contributed by atoms with van der Waals surface area (Å²) in [5.74, 6) is -0.229. The molecule has 0 amide bonds. The van der Waals surface area contributed by atoms with E-state index in [1.165, 1.54) is 6.07 Å². The Morgan fingerprint density at radius 2 is 2.13 bits per heavy atom. The molecule has 0 radical (unpaired) electrons. The van der Waals surface area contributed by atoms with Crippen molar-refractivity contribution in [3.8, 4) is 0 Å². The fourth-order valence-corrected chi connectivity index (χ4v) is 2.33. The molecule has 80 valence electrons. The Morgan fingerprint density at radius 1 is 1.47 bits per heavy atom. The first kappa shape index (κ1) is 10.9. The number of aromatic nitrogens is 2. The molecule has 2 aromatic rings. The first-order valence-corrected chi connectivity index (χ1v) is 5.77. The lowest BCUT2D eigenvalue weighted by Gasteiger charge is -2.14. The summed E-state index contributed by atoms with van der Waals surface area (Å²) >= 11 is 7.12. The van der Waals surface area contributed by atoms with Gasteiger partial charge in [0.1, 0.15) is 5.82 Å². The average molecular weight is 337 g/mol. The van der Waals surface area contributed by atoms with Crippen molar-refractivity contribution in [1.29, 1.82) is 0 Å². The van der Waals surface area contributed by atoms with Gasteiger partial charge in [-0.25, -0.2) is 9.07 Å². The van der Waals surface area contributed by atoms with Crippen molar-refractivity contribution in [3.05, 3.63) is 26.3 Å².